The summed E-state index contributed by atoms with van der Waals surface area (Å²) in [6.07, 6.45) is 4.29. The van der Waals surface area contributed by atoms with E-state index >= 15 is 0 Å². The molecular weight excluding hydrogens is 414 g/mol. The lowest BCUT2D eigenvalue weighted by molar-refractivity contribution is -0.121. The van der Waals surface area contributed by atoms with E-state index in [1.165, 1.54) is 0 Å². The summed E-state index contributed by atoms with van der Waals surface area (Å²) in [6, 6.07) is 14.1. The Labute approximate surface area is 185 Å². The number of aromatic nitrogens is 2. The zero-order chi connectivity index (χ0) is 21.8. The van der Waals surface area contributed by atoms with E-state index in [9.17, 15) is 14.4 Å². The van der Waals surface area contributed by atoms with Gasteiger partial charge >= 0.3 is 0 Å². The van der Waals surface area contributed by atoms with E-state index in [4.69, 9.17) is 11.6 Å². The summed E-state index contributed by atoms with van der Waals surface area (Å²) in [5, 5.41) is 9.40. The van der Waals surface area contributed by atoms with Crippen LogP contribution in [0.1, 0.15) is 60.6 Å². The van der Waals surface area contributed by atoms with Crippen molar-refractivity contribution in [1.82, 2.24) is 15.1 Å². The predicted molar refractivity (Wildman–Crippen MR) is 120 cm³/mol. The molecular formula is C24H24ClN3O3. The molecule has 0 radical (unpaired) electrons. The molecule has 0 spiro atoms. The molecule has 2 aromatic carbocycles. The molecule has 0 bridgehead atoms. The largest absolute Gasteiger partial charge is 0.350 e. The molecule has 1 aliphatic rings. The fourth-order valence-corrected chi connectivity index (χ4v) is 4.20. The van der Waals surface area contributed by atoms with Gasteiger partial charge in [-0.25, -0.2) is 4.68 Å². The van der Waals surface area contributed by atoms with Gasteiger partial charge in [-0.2, -0.15) is 5.10 Å². The van der Waals surface area contributed by atoms with Gasteiger partial charge < -0.3 is 5.32 Å². The lowest BCUT2D eigenvalue weighted by Gasteiger charge is -2.16. The Morgan fingerprint density at radius 3 is 2.39 bits per heavy atom. The first-order valence-electron chi connectivity index (χ1n) is 10.6. The summed E-state index contributed by atoms with van der Waals surface area (Å²) in [5.41, 5.74) is 1.12. The van der Waals surface area contributed by atoms with Crippen LogP contribution in [0.25, 0.3) is 10.8 Å². The summed E-state index contributed by atoms with van der Waals surface area (Å²) >= 11 is 5.84. The minimum absolute atomic E-state index is 0.0777. The Bertz CT molecular complexity index is 1160. The van der Waals surface area contributed by atoms with Crippen molar-refractivity contribution in [1.29, 1.82) is 0 Å². The molecule has 0 aliphatic heterocycles. The third-order valence-electron chi connectivity index (χ3n) is 5.77. The third-order valence-corrected chi connectivity index (χ3v) is 6.03. The fraction of sp³-hybridized carbons (Fsp3) is 0.333. The molecule has 1 amide bonds. The molecule has 1 aromatic heterocycles. The maximum atomic E-state index is 12.9. The highest BCUT2D eigenvalue weighted by Crippen LogP contribution is 2.28. The van der Waals surface area contributed by atoms with Crippen LogP contribution in [0, 0.1) is 0 Å². The van der Waals surface area contributed by atoms with Crippen LogP contribution in [-0.2, 0) is 11.3 Å². The molecule has 1 aliphatic carbocycles. The summed E-state index contributed by atoms with van der Waals surface area (Å²) in [7, 11) is 0. The lowest BCUT2D eigenvalue weighted by atomic mass is 10.1. The Morgan fingerprint density at radius 2 is 1.68 bits per heavy atom. The van der Waals surface area contributed by atoms with Crippen LogP contribution in [0.4, 0.5) is 0 Å². The number of benzene rings is 2. The molecule has 0 saturated heterocycles. The average molecular weight is 438 g/mol. The number of ketones is 1. The van der Waals surface area contributed by atoms with E-state index in [1.807, 2.05) is 18.2 Å². The van der Waals surface area contributed by atoms with Crippen LogP contribution in [0.5, 0.6) is 0 Å². The number of carbonyl (C=O) groups is 2. The van der Waals surface area contributed by atoms with Crippen molar-refractivity contribution in [3.8, 4) is 0 Å². The number of nitrogens with one attached hydrogen (secondary N) is 1. The van der Waals surface area contributed by atoms with Crippen LogP contribution < -0.4 is 10.9 Å². The van der Waals surface area contributed by atoms with Crippen molar-refractivity contribution < 1.29 is 9.59 Å². The second kappa shape index (κ2) is 9.43. The SMILES string of the molecule is O=C(CCC(=O)c1ccc(Cl)cc1)NCc1nn(C2CCCC2)c(=O)c2ccccc12. The molecule has 1 fully saturated rings. The lowest BCUT2D eigenvalue weighted by Crippen LogP contribution is -2.30. The number of hydrogen-bond donors (Lipinski definition) is 1. The first-order valence-corrected chi connectivity index (χ1v) is 11.0. The van der Waals surface area contributed by atoms with Crippen LogP contribution >= 0.6 is 11.6 Å². The number of nitrogens with zero attached hydrogens (tertiary/aromatic N) is 2. The van der Waals surface area contributed by atoms with Crippen LogP contribution in [0.15, 0.2) is 53.3 Å². The van der Waals surface area contributed by atoms with Gasteiger partial charge in [0, 0.05) is 28.8 Å². The van der Waals surface area contributed by atoms with Gasteiger partial charge in [0.05, 0.1) is 23.7 Å². The molecule has 6 nitrogen and oxygen atoms in total. The molecule has 3 aromatic rings. The molecule has 160 valence electrons. The number of rotatable bonds is 7. The van der Waals surface area contributed by atoms with E-state index in [1.54, 1.807) is 35.0 Å². The monoisotopic (exact) mass is 437 g/mol. The Balaban J connectivity index is 1.45. The highest BCUT2D eigenvalue weighted by atomic mass is 35.5. The van der Waals surface area contributed by atoms with Gasteiger partial charge in [0.2, 0.25) is 5.91 Å². The maximum Gasteiger partial charge on any atom is 0.274 e. The summed E-state index contributed by atoms with van der Waals surface area (Å²) in [5.74, 6) is -0.336. The first kappa shape index (κ1) is 21.2. The summed E-state index contributed by atoms with van der Waals surface area (Å²) in [4.78, 5) is 37.5. The van der Waals surface area contributed by atoms with Gasteiger partial charge in [-0.05, 0) is 43.2 Å². The first-order chi connectivity index (χ1) is 15.0. The zero-order valence-corrected chi connectivity index (χ0v) is 17.9. The summed E-state index contributed by atoms with van der Waals surface area (Å²) < 4.78 is 1.60. The number of amides is 1. The Hall–Kier alpha value is -2.99. The second-order valence-corrected chi connectivity index (χ2v) is 8.32. The van der Waals surface area contributed by atoms with Crippen molar-refractivity contribution in [2.45, 2.75) is 51.1 Å². The molecule has 4 rings (SSSR count). The van der Waals surface area contributed by atoms with Crippen LogP contribution in [0.2, 0.25) is 5.02 Å². The van der Waals surface area contributed by atoms with E-state index in [0.717, 1.165) is 31.1 Å². The number of carbonyl (C=O) groups excluding carboxylic acids is 2. The number of Topliss-reactive ketones (excluding diaryl/α,β-unsaturated/α-hetero) is 1. The average Bonchev–Trinajstić information content (AvgIpc) is 3.32. The standard InChI is InChI=1S/C24H24ClN3O3/c25-17-11-9-16(10-12-17)22(29)13-14-23(30)26-15-21-19-7-3-4-8-20(19)24(31)28(27-21)18-5-1-2-6-18/h3-4,7-12,18H,1-2,5-6,13-15H2,(H,26,30). The topological polar surface area (TPSA) is 81.1 Å². The van der Waals surface area contributed by atoms with Crippen LogP contribution in [-0.4, -0.2) is 21.5 Å². The van der Waals surface area contributed by atoms with E-state index in [-0.39, 0.29) is 42.7 Å². The second-order valence-electron chi connectivity index (χ2n) is 7.89. The van der Waals surface area contributed by atoms with Gasteiger partial charge in [0.15, 0.2) is 5.78 Å². The van der Waals surface area contributed by atoms with Crippen molar-refractivity contribution in [2.75, 3.05) is 0 Å². The van der Waals surface area contributed by atoms with Crippen LogP contribution in [0.3, 0.4) is 0 Å². The van der Waals surface area contributed by atoms with Gasteiger partial charge in [-0.15, -0.1) is 0 Å². The van der Waals surface area contributed by atoms with Crippen molar-refractivity contribution in [3.63, 3.8) is 0 Å². The Morgan fingerprint density at radius 1 is 1.00 bits per heavy atom. The maximum absolute atomic E-state index is 12.9. The molecule has 0 atom stereocenters. The third kappa shape index (κ3) is 4.85. The Kier molecular flexibility index (Phi) is 6.47. The van der Waals surface area contributed by atoms with Crippen molar-refractivity contribution >= 4 is 34.1 Å². The minimum atomic E-state index is -0.230. The number of halogens is 1. The van der Waals surface area contributed by atoms with Crippen molar-refractivity contribution in [2.24, 2.45) is 0 Å². The highest BCUT2D eigenvalue weighted by Gasteiger charge is 2.21. The van der Waals surface area contributed by atoms with Gasteiger partial charge in [-0.1, -0.05) is 42.6 Å². The van der Waals surface area contributed by atoms with Gasteiger partial charge in [-0.3, -0.25) is 14.4 Å². The zero-order valence-electron chi connectivity index (χ0n) is 17.1. The fourth-order valence-electron chi connectivity index (χ4n) is 4.08. The predicted octanol–water partition coefficient (Wildman–Crippen LogP) is 4.44. The normalized spacial score (nSPS) is 14.1. The molecule has 0 unspecified atom stereocenters. The molecule has 1 saturated carbocycles. The molecule has 7 heteroatoms. The van der Waals surface area contributed by atoms with E-state index in [2.05, 4.69) is 10.4 Å². The molecule has 31 heavy (non-hydrogen) atoms. The summed E-state index contributed by atoms with van der Waals surface area (Å²) in [6.45, 7) is 0.210. The number of hydrogen-bond acceptors (Lipinski definition) is 4. The van der Waals surface area contributed by atoms with E-state index < -0.39 is 0 Å². The van der Waals surface area contributed by atoms with Crippen molar-refractivity contribution in [3.05, 3.63) is 75.2 Å². The number of fused-ring (bicyclic) bond motifs is 1. The minimum Gasteiger partial charge on any atom is -0.350 e. The smallest absolute Gasteiger partial charge is 0.274 e. The van der Waals surface area contributed by atoms with Gasteiger partial charge in [0.25, 0.3) is 5.56 Å². The van der Waals surface area contributed by atoms with Gasteiger partial charge in [0.1, 0.15) is 0 Å². The highest BCUT2D eigenvalue weighted by molar-refractivity contribution is 6.30. The molecule has 1 N–H and O–H groups in total. The van der Waals surface area contributed by atoms with E-state index in [0.29, 0.717) is 21.7 Å². The quantitative estimate of drug-likeness (QED) is 0.554. The molecule has 1 heterocycles.